The summed E-state index contributed by atoms with van der Waals surface area (Å²) in [6, 6.07) is 8.96. The van der Waals surface area contributed by atoms with Gasteiger partial charge in [-0.25, -0.2) is 0 Å². The maximum absolute atomic E-state index is 3.55. The van der Waals surface area contributed by atoms with Gasteiger partial charge in [-0.1, -0.05) is 48.3 Å². The molecule has 15 heavy (non-hydrogen) atoms. The molecule has 0 radical (unpaired) electrons. The van der Waals surface area contributed by atoms with Gasteiger partial charge in [0, 0.05) is 10.5 Å². The van der Waals surface area contributed by atoms with Crippen molar-refractivity contribution < 1.29 is 0 Å². The first-order chi connectivity index (χ1) is 7.13. The summed E-state index contributed by atoms with van der Waals surface area (Å²) in [6.45, 7) is 7.82. The molecule has 1 rings (SSSR count). The van der Waals surface area contributed by atoms with Gasteiger partial charge in [-0.15, -0.1) is 0 Å². The van der Waals surface area contributed by atoms with E-state index in [0.29, 0.717) is 6.04 Å². The van der Waals surface area contributed by atoms with Crippen LogP contribution in [0.2, 0.25) is 0 Å². The Balaban J connectivity index is 2.46. The lowest BCUT2D eigenvalue weighted by molar-refractivity contribution is 0.461. The summed E-state index contributed by atoms with van der Waals surface area (Å²) >= 11 is 3.45. The topological polar surface area (TPSA) is 12.0 Å². The van der Waals surface area contributed by atoms with Crippen molar-refractivity contribution in [1.82, 2.24) is 5.32 Å². The van der Waals surface area contributed by atoms with Crippen LogP contribution in [0.15, 0.2) is 28.7 Å². The van der Waals surface area contributed by atoms with Crippen LogP contribution >= 0.6 is 15.9 Å². The van der Waals surface area contributed by atoms with Crippen LogP contribution in [0.3, 0.4) is 0 Å². The fourth-order valence-electron chi connectivity index (χ4n) is 1.39. The first-order valence-corrected chi connectivity index (χ1v) is 6.41. The highest BCUT2D eigenvalue weighted by Gasteiger charge is 2.05. The molecule has 0 saturated heterocycles. The third-order valence-corrected chi connectivity index (χ3v) is 3.37. The molecule has 1 aromatic rings. The molecule has 0 aromatic heterocycles. The molecular formula is C13H20BrN. The summed E-state index contributed by atoms with van der Waals surface area (Å²) in [5.74, 6) is 0.753. The van der Waals surface area contributed by atoms with Gasteiger partial charge in [-0.3, -0.25) is 0 Å². The zero-order valence-electron chi connectivity index (χ0n) is 9.76. The highest BCUT2D eigenvalue weighted by atomic mass is 79.9. The normalized spacial score (nSPS) is 14.9. The molecular weight excluding hydrogens is 250 g/mol. The average molecular weight is 270 g/mol. The Hall–Kier alpha value is -0.340. The van der Waals surface area contributed by atoms with Crippen molar-refractivity contribution in [2.45, 2.75) is 33.2 Å². The SMILES string of the molecule is CCC(C)CNC(C)c1ccc(Br)cc1. The molecule has 1 nitrogen and oxygen atoms in total. The van der Waals surface area contributed by atoms with E-state index in [1.54, 1.807) is 0 Å². The fourth-order valence-corrected chi connectivity index (χ4v) is 1.66. The van der Waals surface area contributed by atoms with Crippen LogP contribution in [-0.4, -0.2) is 6.54 Å². The summed E-state index contributed by atoms with van der Waals surface area (Å²) in [5.41, 5.74) is 1.35. The van der Waals surface area contributed by atoms with Gasteiger partial charge in [0.1, 0.15) is 0 Å². The number of hydrogen-bond donors (Lipinski definition) is 1. The van der Waals surface area contributed by atoms with E-state index in [0.717, 1.165) is 16.9 Å². The standard InChI is InChI=1S/C13H20BrN/c1-4-10(2)9-15-11(3)12-5-7-13(14)8-6-12/h5-8,10-11,15H,4,9H2,1-3H3. The van der Waals surface area contributed by atoms with Crippen LogP contribution in [0.5, 0.6) is 0 Å². The molecule has 2 unspecified atom stereocenters. The molecule has 0 amide bonds. The second-order valence-electron chi connectivity index (χ2n) is 4.19. The summed E-state index contributed by atoms with van der Waals surface area (Å²) in [4.78, 5) is 0. The summed E-state index contributed by atoms with van der Waals surface area (Å²) in [5, 5.41) is 3.55. The van der Waals surface area contributed by atoms with Crippen LogP contribution in [-0.2, 0) is 0 Å². The second kappa shape index (κ2) is 6.29. The molecule has 0 aliphatic rings. The number of nitrogens with one attached hydrogen (secondary N) is 1. The second-order valence-corrected chi connectivity index (χ2v) is 5.11. The van der Waals surface area contributed by atoms with Crippen LogP contribution in [0, 0.1) is 5.92 Å². The molecule has 0 fully saturated rings. The molecule has 2 heteroatoms. The summed E-state index contributed by atoms with van der Waals surface area (Å²) in [6.07, 6.45) is 1.24. The summed E-state index contributed by atoms with van der Waals surface area (Å²) in [7, 11) is 0. The molecule has 1 aromatic carbocycles. The van der Waals surface area contributed by atoms with Crippen LogP contribution in [0.25, 0.3) is 0 Å². The Morgan fingerprint density at radius 2 is 1.80 bits per heavy atom. The maximum atomic E-state index is 3.55. The molecule has 2 atom stereocenters. The van der Waals surface area contributed by atoms with Crippen LogP contribution in [0.4, 0.5) is 0 Å². The van der Waals surface area contributed by atoms with Crippen molar-refractivity contribution in [2.24, 2.45) is 5.92 Å². The van der Waals surface area contributed by atoms with Gasteiger partial charge in [0.15, 0.2) is 0 Å². The van der Waals surface area contributed by atoms with Crippen molar-refractivity contribution in [3.8, 4) is 0 Å². The van der Waals surface area contributed by atoms with Gasteiger partial charge in [-0.05, 0) is 37.1 Å². The average Bonchev–Trinajstić information content (AvgIpc) is 2.26. The van der Waals surface area contributed by atoms with Crippen molar-refractivity contribution in [3.63, 3.8) is 0 Å². The molecule has 0 bridgehead atoms. The molecule has 1 N–H and O–H groups in total. The van der Waals surface area contributed by atoms with Crippen molar-refractivity contribution in [2.75, 3.05) is 6.54 Å². The van der Waals surface area contributed by atoms with E-state index >= 15 is 0 Å². The molecule has 0 saturated carbocycles. The van der Waals surface area contributed by atoms with E-state index in [1.807, 2.05) is 0 Å². The zero-order chi connectivity index (χ0) is 11.3. The number of halogens is 1. The van der Waals surface area contributed by atoms with Gasteiger partial charge in [0.2, 0.25) is 0 Å². The van der Waals surface area contributed by atoms with E-state index in [9.17, 15) is 0 Å². The first kappa shape index (κ1) is 12.7. The minimum atomic E-state index is 0.437. The molecule has 0 aliphatic heterocycles. The molecule has 0 heterocycles. The van der Waals surface area contributed by atoms with E-state index in [1.165, 1.54) is 12.0 Å². The van der Waals surface area contributed by atoms with Gasteiger partial charge in [0.25, 0.3) is 0 Å². The van der Waals surface area contributed by atoms with Crippen molar-refractivity contribution in [3.05, 3.63) is 34.3 Å². The molecule has 84 valence electrons. The van der Waals surface area contributed by atoms with E-state index in [2.05, 4.69) is 66.3 Å². The van der Waals surface area contributed by atoms with Crippen LogP contribution < -0.4 is 5.32 Å². The van der Waals surface area contributed by atoms with Gasteiger partial charge in [-0.2, -0.15) is 0 Å². The number of benzene rings is 1. The van der Waals surface area contributed by atoms with Gasteiger partial charge >= 0.3 is 0 Å². The Bertz CT molecular complexity index is 281. The van der Waals surface area contributed by atoms with Crippen molar-refractivity contribution in [1.29, 1.82) is 0 Å². The predicted molar refractivity (Wildman–Crippen MR) is 70.0 cm³/mol. The minimum absolute atomic E-state index is 0.437. The monoisotopic (exact) mass is 269 g/mol. The number of hydrogen-bond acceptors (Lipinski definition) is 1. The minimum Gasteiger partial charge on any atom is -0.310 e. The Morgan fingerprint density at radius 1 is 1.20 bits per heavy atom. The number of rotatable bonds is 5. The van der Waals surface area contributed by atoms with Gasteiger partial charge < -0.3 is 5.32 Å². The van der Waals surface area contributed by atoms with E-state index in [4.69, 9.17) is 0 Å². The summed E-state index contributed by atoms with van der Waals surface area (Å²) < 4.78 is 1.14. The third kappa shape index (κ3) is 4.35. The van der Waals surface area contributed by atoms with Crippen LogP contribution in [0.1, 0.15) is 38.8 Å². The highest BCUT2D eigenvalue weighted by molar-refractivity contribution is 9.10. The first-order valence-electron chi connectivity index (χ1n) is 5.62. The van der Waals surface area contributed by atoms with E-state index in [-0.39, 0.29) is 0 Å². The van der Waals surface area contributed by atoms with E-state index < -0.39 is 0 Å². The lowest BCUT2D eigenvalue weighted by Crippen LogP contribution is -2.24. The zero-order valence-corrected chi connectivity index (χ0v) is 11.3. The Labute approximate surface area is 101 Å². The lowest BCUT2D eigenvalue weighted by atomic mass is 10.1. The van der Waals surface area contributed by atoms with Crippen molar-refractivity contribution >= 4 is 15.9 Å². The quantitative estimate of drug-likeness (QED) is 0.847. The predicted octanol–water partition coefficient (Wildman–Crippen LogP) is 4.15. The molecule has 0 aliphatic carbocycles. The maximum Gasteiger partial charge on any atom is 0.0291 e. The third-order valence-electron chi connectivity index (χ3n) is 2.84. The molecule has 0 spiro atoms. The smallest absolute Gasteiger partial charge is 0.0291 e. The highest BCUT2D eigenvalue weighted by Crippen LogP contribution is 2.16. The fraction of sp³-hybridized carbons (Fsp3) is 0.538. The Morgan fingerprint density at radius 3 is 2.33 bits per heavy atom. The van der Waals surface area contributed by atoms with Gasteiger partial charge in [0.05, 0.1) is 0 Å². The Kier molecular flexibility index (Phi) is 5.34. The lowest BCUT2D eigenvalue weighted by Gasteiger charge is -2.17. The largest absolute Gasteiger partial charge is 0.310 e.